The number of nitrogens with one attached hydrogen (secondary N) is 1. The van der Waals surface area contributed by atoms with Crippen molar-refractivity contribution < 1.29 is 64.1 Å². The maximum Gasteiger partial charge on any atom is 0.573 e. The van der Waals surface area contributed by atoms with E-state index in [9.17, 15) is 59.4 Å². The zero-order valence-corrected chi connectivity index (χ0v) is 21.7. The normalized spacial score (nSPS) is 12.4. The molecule has 0 aliphatic carbocycles. The molecule has 0 atom stereocenters. The molecule has 3 N–H and O–H groups in total. The van der Waals surface area contributed by atoms with E-state index in [-0.39, 0.29) is 16.8 Å². The summed E-state index contributed by atoms with van der Waals surface area (Å²) in [7, 11) is -4.30. The van der Waals surface area contributed by atoms with Crippen LogP contribution in [0.2, 0.25) is 0 Å². The first-order valence-corrected chi connectivity index (χ1v) is 13.0. The Hall–Kier alpha value is -4.60. The molecule has 9 nitrogen and oxygen atoms in total. The fraction of sp³-hybridized carbons (Fsp3) is 0.192. The van der Waals surface area contributed by atoms with Gasteiger partial charge < -0.3 is 14.9 Å². The Labute approximate surface area is 233 Å². The van der Waals surface area contributed by atoms with Crippen molar-refractivity contribution in [3.05, 3.63) is 89.5 Å². The minimum Gasteiger partial charge on any atom is -0.480 e. The average molecular weight is 619 g/mol. The first-order chi connectivity index (χ1) is 19.3. The number of benzene rings is 3. The molecule has 0 spiro atoms. The number of alkyl halides is 6. The van der Waals surface area contributed by atoms with Gasteiger partial charge in [0, 0.05) is 17.7 Å². The number of carbonyl (C=O) groups excluding carboxylic acids is 1. The summed E-state index contributed by atoms with van der Waals surface area (Å²) < 4.78 is 106. The number of anilines is 1. The number of carbonyl (C=O) groups is 3. The van der Waals surface area contributed by atoms with Crippen LogP contribution in [-0.2, 0) is 32.2 Å². The Morgan fingerprint density at radius 1 is 0.762 bits per heavy atom. The first kappa shape index (κ1) is 31.9. The van der Waals surface area contributed by atoms with E-state index in [1.165, 1.54) is 0 Å². The predicted molar refractivity (Wildman–Crippen MR) is 132 cm³/mol. The lowest BCUT2D eigenvalue weighted by molar-refractivity contribution is -0.274. The van der Waals surface area contributed by atoms with E-state index in [0.717, 1.165) is 60.7 Å². The van der Waals surface area contributed by atoms with E-state index in [0.29, 0.717) is 12.1 Å². The lowest BCUT2D eigenvalue weighted by atomic mass is 9.76. The quantitative estimate of drug-likeness (QED) is 0.147. The van der Waals surface area contributed by atoms with Crippen molar-refractivity contribution in [1.29, 1.82) is 0 Å². The van der Waals surface area contributed by atoms with E-state index in [2.05, 4.69) is 9.46 Å². The summed E-state index contributed by atoms with van der Waals surface area (Å²) in [5.41, 5.74) is -4.16. The Balaban J connectivity index is 1.77. The Kier molecular flexibility index (Phi) is 8.90. The molecule has 0 unspecified atom stereocenters. The molecule has 3 rings (SSSR count). The number of carboxylic acids is 2. The van der Waals surface area contributed by atoms with E-state index < -0.39 is 74.7 Å². The van der Waals surface area contributed by atoms with Crippen LogP contribution in [0, 0.1) is 5.41 Å². The monoisotopic (exact) mass is 619 g/mol. The van der Waals surface area contributed by atoms with Gasteiger partial charge in [-0.2, -0.15) is 13.2 Å². The molecule has 0 saturated heterocycles. The summed E-state index contributed by atoms with van der Waals surface area (Å²) >= 11 is 0. The molecule has 0 aliphatic rings. The van der Waals surface area contributed by atoms with Crippen molar-refractivity contribution in [2.24, 2.45) is 5.41 Å². The number of hydrogen-bond acceptors (Lipinski definition) is 6. The number of rotatable bonds is 11. The van der Waals surface area contributed by atoms with Crippen molar-refractivity contribution in [1.82, 2.24) is 0 Å². The van der Waals surface area contributed by atoms with E-state index >= 15 is 0 Å². The zero-order chi connectivity index (χ0) is 31.5. The number of sulfonamides is 1. The fourth-order valence-electron chi connectivity index (χ4n) is 3.75. The largest absolute Gasteiger partial charge is 0.573 e. The minimum absolute atomic E-state index is 0.0802. The molecule has 3 aromatic carbocycles. The van der Waals surface area contributed by atoms with Crippen LogP contribution in [0.15, 0.2) is 77.7 Å². The van der Waals surface area contributed by atoms with Crippen LogP contribution in [0.3, 0.4) is 0 Å². The molecule has 0 amide bonds. The van der Waals surface area contributed by atoms with Crippen LogP contribution in [0.25, 0.3) is 0 Å². The first-order valence-electron chi connectivity index (χ1n) is 11.5. The summed E-state index contributed by atoms with van der Waals surface area (Å²) in [6.07, 6.45) is -11.6. The number of aliphatic carboxylic acids is 2. The van der Waals surface area contributed by atoms with Crippen molar-refractivity contribution in [2.75, 3.05) is 4.72 Å². The molecular weight excluding hydrogens is 600 g/mol. The van der Waals surface area contributed by atoms with Gasteiger partial charge in [-0.3, -0.25) is 19.1 Å². The maximum atomic E-state index is 12.9. The van der Waals surface area contributed by atoms with Gasteiger partial charge in [-0.1, -0.05) is 12.1 Å². The highest BCUT2D eigenvalue weighted by molar-refractivity contribution is 7.92. The lowest BCUT2D eigenvalue weighted by Gasteiger charge is -2.24. The highest BCUT2D eigenvalue weighted by atomic mass is 32.2. The fourth-order valence-corrected chi connectivity index (χ4v) is 4.81. The van der Waals surface area contributed by atoms with Crippen molar-refractivity contribution in [3.63, 3.8) is 0 Å². The van der Waals surface area contributed by atoms with Crippen LogP contribution in [0.4, 0.5) is 32.0 Å². The molecule has 42 heavy (non-hydrogen) atoms. The van der Waals surface area contributed by atoms with Gasteiger partial charge in [0.05, 0.1) is 10.5 Å². The van der Waals surface area contributed by atoms with E-state index in [4.69, 9.17) is 0 Å². The highest BCUT2D eigenvalue weighted by Crippen LogP contribution is 2.33. The van der Waals surface area contributed by atoms with E-state index in [1.807, 2.05) is 0 Å². The third kappa shape index (κ3) is 7.78. The van der Waals surface area contributed by atoms with Gasteiger partial charge >= 0.3 is 24.5 Å². The van der Waals surface area contributed by atoms with Gasteiger partial charge in [0.15, 0.2) is 11.2 Å². The molecule has 16 heteroatoms. The summed E-state index contributed by atoms with van der Waals surface area (Å²) in [6.45, 7) is 0. The third-order valence-corrected chi connectivity index (χ3v) is 7.29. The maximum absolute atomic E-state index is 12.9. The molecule has 0 saturated carbocycles. The van der Waals surface area contributed by atoms with Gasteiger partial charge in [0.2, 0.25) is 0 Å². The third-order valence-electron chi connectivity index (χ3n) is 5.89. The number of ketones is 1. The van der Waals surface area contributed by atoms with Crippen LogP contribution in [0.1, 0.15) is 27.9 Å². The Bertz CT molecular complexity index is 1550. The molecule has 224 valence electrons. The molecule has 0 bridgehead atoms. The molecule has 0 radical (unpaired) electrons. The molecule has 0 aromatic heterocycles. The summed E-state index contributed by atoms with van der Waals surface area (Å²) in [5.74, 6) is -5.43. The van der Waals surface area contributed by atoms with Crippen LogP contribution >= 0.6 is 0 Å². The van der Waals surface area contributed by atoms with Crippen molar-refractivity contribution in [3.8, 4) is 5.75 Å². The Morgan fingerprint density at radius 2 is 1.29 bits per heavy atom. The number of halogens is 6. The second-order valence-corrected chi connectivity index (χ2v) is 10.5. The molecule has 0 aliphatic heterocycles. The molecule has 0 heterocycles. The standard InChI is InChI=1S/C26H19F6NO8S/c27-25(28,29)17-5-1-15(2-6-17)13-24(22(35)36,23(37)38)14-21(34)16-3-7-18(8-4-16)33-42(39,40)20-11-9-19(10-12-20)41-26(30,31)32/h1-12,33H,13-14H2,(H,35,36)(H,37,38). The summed E-state index contributed by atoms with van der Waals surface area (Å²) in [4.78, 5) is 36.5. The minimum atomic E-state index is -4.98. The van der Waals surface area contributed by atoms with Crippen molar-refractivity contribution in [2.45, 2.75) is 30.3 Å². The van der Waals surface area contributed by atoms with Gasteiger partial charge in [0.25, 0.3) is 10.0 Å². The second kappa shape index (κ2) is 11.7. The zero-order valence-electron chi connectivity index (χ0n) is 20.9. The number of carboxylic acid groups (broad SMARTS) is 2. The summed E-state index contributed by atoms with van der Waals surface area (Å²) in [6, 6.07) is 10.8. The predicted octanol–water partition coefficient (Wildman–Crippen LogP) is 5.38. The van der Waals surface area contributed by atoms with Crippen LogP contribution < -0.4 is 9.46 Å². The van der Waals surface area contributed by atoms with Crippen LogP contribution in [-0.4, -0.2) is 42.7 Å². The molecule has 0 fully saturated rings. The van der Waals surface area contributed by atoms with Gasteiger partial charge in [0.1, 0.15) is 5.75 Å². The van der Waals surface area contributed by atoms with Gasteiger partial charge in [-0.15, -0.1) is 13.2 Å². The van der Waals surface area contributed by atoms with Crippen molar-refractivity contribution >= 4 is 33.4 Å². The SMILES string of the molecule is O=C(CC(Cc1ccc(C(F)(F)F)cc1)(C(=O)O)C(=O)O)c1ccc(NS(=O)(=O)c2ccc(OC(F)(F)F)cc2)cc1. The number of Topliss-reactive ketones (excluding diaryl/α,β-unsaturated/α-hetero) is 1. The highest BCUT2D eigenvalue weighted by Gasteiger charge is 2.48. The number of ether oxygens (including phenoxy) is 1. The van der Waals surface area contributed by atoms with Gasteiger partial charge in [-0.25, -0.2) is 8.42 Å². The van der Waals surface area contributed by atoms with Crippen LogP contribution in [0.5, 0.6) is 5.75 Å². The topological polar surface area (TPSA) is 147 Å². The molecule has 3 aromatic rings. The number of hydrogen-bond donors (Lipinski definition) is 3. The average Bonchev–Trinajstić information content (AvgIpc) is 2.87. The smallest absolute Gasteiger partial charge is 0.480 e. The van der Waals surface area contributed by atoms with Gasteiger partial charge in [-0.05, 0) is 72.6 Å². The second-order valence-electron chi connectivity index (χ2n) is 8.87. The van der Waals surface area contributed by atoms with E-state index in [1.54, 1.807) is 0 Å². The molecular formula is C26H19F6NO8S. The summed E-state index contributed by atoms with van der Waals surface area (Å²) in [5, 5.41) is 19.5. The Morgan fingerprint density at radius 3 is 1.74 bits per heavy atom. The lowest BCUT2D eigenvalue weighted by Crippen LogP contribution is -2.43.